The minimum atomic E-state index is 0. The summed E-state index contributed by atoms with van der Waals surface area (Å²) < 4.78 is 11.6. The van der Waals surface area contributed by atoms with Crippen molar-refractivity contribution in [2.24, 2.45) is 4.99 Å². The number of benzene rings is 1. The van der Waals surface area contributed by atoms with E-state index < -0.39 is 0 Å². The number of nitrogens with zero attached hydrogens (tertiary/aromatic N) is 1. The van der Waals surface area contributed by atoms with E-state index in [4.69, 9.17) is 14.5 Å². The van der Waals surface area contributed by atoms with Crippen molar-refractivity contribution in [3.8, 4) is 5.75 Å². The van der Waals surface area contributed by atoms with E-state index in [1.807, 2.05) is 13.8 Å². The van der Waals surface area contributed by atoms with Gasteiger partial charge in [0.1, 0.15) is 5.75 Å². The summed E-state index contributed by atoms with van der Waals surface area (Å²) in [5.41, 5.74) is 2.30. The van der Waals surface area contributed by atoms with Gasteiger partial charge in [0, 0.05) is 25.3 Å². The predicted octanol–water partition coefficient (Wildman–Crippen LogP) is 3.63. The largest absolute Gasteiger partial charge is 0.491 e. The van der Waals surface area contributed by atoms with Gasteiger partial charge in [-0.2, -0.15) is 0 Å². The molecule has 5 nitrogen and oxygen atoms in total. The lowest BCUT2D eigenvalue weighted by Gasteiger charge is -2.16. The molecule has 0 saturated carbocycles. The minimum Gasteiger partial charge on any atom is -0.491 e. The quantitative estimate of drug-likeness (QED) is 0.370. The highest BCUT2D eigenvalue weighted by Crippen LogP contribution is 2.22. The Kier molecular flexibility index (Phi) is 10.2. The molecule has 0 radical (unpaired) electrons. The van der Waals surface area contributed by atoms with E-state index in [1.54, 1.807) is 0 Å². The van der Waals surface area contributed by atoms with Gasteiger partial charge < -0.3 is 20.1 Å². The highest BCUT2D eigenvalue weighted by Gasteiger charge is 2.15. The number of guanidine groups is 1. The molecule has 0 aliphatic carbocycles. The standard InChI is InChI=1S/C19H31N3O2.HI/c1-5-20-19(22-13-17-7-6-10-23-17)21-12-16-9-8-15(4)11-18(16)24-14(2)3;/h8-9,11,14,17H,5-7,10,12-13H2,1-4H3,(H2,20,21,22);1H. The lowest BCUT2D eigenvalue weighted by molar-refractivity contribution is 0.114. The zero-order valence-corrected chi connectivity index (χ0v) is 18.1. The van der Waals surface area contributed by atoms with Crippen molar-refractivity contribution in [1.29, 1.82) is 0 Å². The molecule has 0 amide bonds. The number of aryl methyl sites for hydroxylation is 1. The topological polar surface area (TPSA) is 54.9 Å². The summed E-state index contributed by atoms with van der Waals surface area (Å²) in [4.78, 5) is 4.70. The van der Waals surface area contributed by atoms with E-state index in [0.29, 0.717) is 12.6 Å². The highest BCUT2D eigenvalue weighted by molar-refractivity contribution is 14.0. The van der Waals surface area contributed by atoms with Crippen LogP contribution in [0.15, 0.2) is 23.2 Å². The number of hydrogen-bond acceptors (Lipinski definition) is 3. The molecule has 1 fully saturated rings. The van der Waals surface area contributed by atoms with E-state index in [2.05, 4.69) is 42.7 Å². The molecule has 0 bridgehead atoms. The maximum Gasteiger partial charge on any atom is 0.191 e. The van der Waals surface area contributed by atoms with Gasteiger partial charge in [-0.15, -0.1) is 24.0 Å². The van der Waals surface area contributed by atoms with Crippen LogP contribution in [0.4, 0.5) is 0 Å². The average molecular weight is 461 g/mol. The van der Waals surface area contributed by atoms with Crippen LogP contribution in [0.1, 0.15) is 44.7 Å². The molecule has 1 aliphatic rings. The van der Waals surface area contributed by atoms with Gasteiger partial charge in [-0.25, -0.2) is 4.99 Å². The van der Waals surface area contributed by atoms with Crippen molar-refractivity contribution in [2.45, 2.75) is 59.3 Å². The second-order valence-electron chi connectivity index (χ2n) is 6.49. The van der Waals surface area contributed by atoms with Crippen LogP contribution in [-0.2, 0) is 11.3 Å². The van der Waals surface area contributed by atoms with Crippen LogP contribution in [0, 0.1) is 6.92 Å². The molecule has 1 unspecified atom stereocenters. The van der Waals surface area contributed by atoms with Gasteiger partial charge in [0.15, 0.2) is 5.96 Å². The minimum absolute atomic E-state index is 0. The Hall–Kier alpha value is -1.02. The zero-order valence-electron chi connectivity index (χ0n) is 15.8. The van der Waals surface area contributed by atoms with Crippen molar-refractivity contribution in [1.82, 2.24) is 10.6 Å². The highest BCUT2D eigenvalue weighted by atomic mass is 127. The van der Waals surface area contributed by atoms with Crippen molar-refractivity contribution in [3.63, 3.8) is 0 Å². The first-order valence-electron chi connectivity index (χ1n) is 8.98. The van der Waals surface area contributed by atoms with Crippen molar-refractivity contribution >= 4 is 29.9 Å². The number of aliphatic imine (C=N–C) groups is 1. The molecule has 1 atom stereocenters. The molecule has 2 N–H and O–H groups in total. The number of nitrogens with one attached hydrogen (secondary N) is 2. The van der Waals surface area contributed by atoms with Gasteiger partial charge in [0.25, 0.3) is 0 Å². The summed E-state index contributed by atoms with van der Waals surface area (Å²) in [5, 5.41) is 6.67. The van der Waals surface area contributed by atoms with E-state index in [1.165, 1.54) is 5.56 Å². The maximum atomic E-state index is 5.93. The fraction of sp³-hybridized carbons (Fsp3) is 0.632. The fourth-order valence-corrected chi connectivity index (χ4v) is 2.68. The first-order valence-corrected chi connectivity index (χ1v) is 8.98. The third kappa shape index (κ3) is 7.81. The monoisotopic (exact) mass is 461 g/mol. The Morgan fingerprint density at radius 2 is 2.16 bits per heavy atom. The van der Waals surface area contributed by atoms with Gasteiger partial charge in [0.2, 0.25) is 0 Å². The molecule has 1 aromatic rings. The Labute approximate surface area is 169 Å². The third-order valence-electron chi connectivity index (χ3n) is 3.86. The zero-order chi connectivity index (χ0) is 17.4. The summed E-state index contributed by atoms with van der Waals surface area (Å²) in [6.07, 6.45) is 2.73. The third-order valence-corrected chi connectivity index (χ3v) is 3.86. The lowest BCUT2D eigenvalue weighted by atomic mass is 10.1. The Balaban J connectivity index is 0.00000312. The first-order chi connectivity index (χ1) is 11.6. The second kappa shape index (κ2) is 11.6. The van der Waals surface area contributed by atoms with Gasteiger partial charge in [-0.05, 0) is 52.2 Å². The Bertz CT molecular complexity index is 543. The Morgan fingerprint density at radius 3 is 2.80 bits per heavy atom. The van der Waals surface area contributed by atoms with Gasteiger partial charge >= 0.3 is 0 Å². The van der Waals surface area contributed by atoms with Gasteiger partial charge in [-0.3, -0.25) is 0 Å². The first kappa shape index (κ1) is 22.0. The van der Waals surface area contributed by atoms with Crippen molar-refractivity contribution in [2.75, 3.05) is 19.7 Å². The molecule has 2 rings (SSSR count). The van der Waals surface area contributed by atoms with Crippen LogP contribution in [-0.4, -0.2) is 37.9 Å². The lowest BCUT2D eigenvalue weighted by Crippen LogP contribution is -2.41. The molecule has 142 valence electrons. The number of halogens is 1. The summed E-state index contributed by atoms with van der Waals surface area (Å²) in [7, 11) is 0. The van der Waals surface area contributed by atoms with Crippen LogP contribution in [0.25, 0.3) is 0 Å². The van der Waals surface area contributed by atoms with E-state index in [-0.39, 0.29) is 30.1 Å². The fourth-order valence-electron chi connectivity index (χ4n) is 2.68. The predicted molar refractivity (Wildman–Crippen MR) is 114 cm³/mol. The van der Waals surface area contributed by atoms with E-state index >= 15 is 0 Å². The SMILES string of the molecule is CCNC(=NCc1ccc(C)cc1OC(C)C)NCC1CCCO1.I. The van der Waals surface area contributed by atoms with E-state index in [0.717, 1.165) is 49.8 Å². The van der Waals surface area contributed by atoms with Crippen LogP contribution >= 0.6 is 24.0 Å². The second-order valence-corrected chi connectivity index (χ2v) is 6.49. The molecular formula is C19H32IN3O2. The van der Waals surface area contributed by atoms with E-state index in [9.17, 15) is 0 Å². The van der Waals surface area contributed by atoms with Crippen LogP contribution < -0.4 is 15.4 Å². The van der Waals surface area contributed by atoms with Crippen LogP contribution in [0.5, 0.6) is 5.75 Å². The molecular weight excluding hydrogens is 429 g/mol. The molecule has 6 heteroatoms. The van der Waals surface area contributed by atoms with Crippen molar-refractivity contribution in [3.05, 3.63) is 29.3 Å². The number of ether oxygens (including phenoxy) is 2. The van der Waals surface area contributed by atoms with Gasteiger partial charge in [0.05, 0.1) is 18.8 Å². The smallest absolute Gasteiger partial charge is 0.191 e. The molecule has 0 spiro atoms. The molecule has 25 heavy (non-hydrogen) atoms. The number of hydrogen-bond donors (Lipinski definition) is 2. The number of rotatable bonds is 7. The molecule has 1 aromatic carbocycles. The summed E-state index contributed by atoms with van der Waals surface area (Å²) >= 11 is 0. The summed E-state index contributed by atoms with van der Waals surface area (Å²) in [6.45, 7) is 11.3. The van der Waals surface area contributed by atoms with Gasteiger partial charge in [-0.1, -0.05) is 12.1 Å². The van der Waals surface area contributed by atoms with Crippen LogP contribution in [0.2, 0.25) is 0 Å². The Morgan fingerprint density at radius 1 is 1.36 bits per heavy atom. The maximum absolute atomic E-state index is 5.93. The summed E-state index contributed by atoms with van der Waals surface area (Å²) in [5.74, 6) is 1.74. The molecule has 0 aromatic heterocycles. The van der Waals surface area contributed by atoms with Crippen molar-refractivity contribution < 1.29 is 9.47 Å². The average Bonchev–Trinajstić information content (AvgIpc) is 3.04. The summed E-state index contributed by atoms with van der Waals surface area (Å²) in [6, 6.07) is 6.28. The molecule has 1 saturated heterocycles. The molecule has 1 heterocycles. The van der Waals surface area contributed by atoms with Crippen LogP contribution in [0.3, 0.4) is 0 Å². The molecule has 1 aliphatic heterocycles. The normalized spacial score (nSPS) is 17.3.